The smallest absolute Gasteiger partial charge is 0.239 e. The molecule has 1 aromatic heterocycles. The van der Waals surface area contributed by atoms with Crippen molar-refractivity contribution >= 4 is 5.91 Å². The minimum absolute atomic E-state index is 0.122. The van der Waals surface area contributed by atoms with E-state index >= 15 is 0 Å². The van der Waals surface area contributed by atoms with Crippen LogP contribution in [0.15, 0.2) is 67.1 Å². The Labute approximate surface area is 165 Å². The number of hydrogen-bond acceptors (Lipinski definition) is 4. The maximum absolute atomic E-state index is 12.7. The Hall–Kier alpha value is -3.12. The number of rotatable bonds is 8. The van der Waals surface area contributed by atoms with Crippen molar-refractivity contribution in [3.05, 3.63) is 83.9 Å². The second-order valence-corrected chi connectivity index (χ2v) is 6.84. The summed E-state index contributed by atoms with van der Waals surface area (Å²) in [6, 6.07) is 17.2. The molecule has 3 rings (SSSR count). The number of benzene rings is 2. The number of likely N-dealkylation sites (N-methyl/N-ethyl adjacent to an activating group) is 1. The van der Waals surface area contributed by atoms with Crippen molar-refractivity contribution in [3.63, 3.8) is 0 Å². The van der Waals surface area contributed by atoms with Gasteiger partial charge in [0.25, 0.3) is 0 Å². The van der Waals surface area contributed by atoms with E-state index in [1.165, 1.54) is 5.56 Å². The second-order valence-electron chi connectivity index (χ2n) is 6.84. The molecule has 0 saturated carbocycles. The van der Waals surface area contributed by atoms with Gasteiger partial charge in [-0.3, -0.25) is 4.79 Å². The third kappa shape index (κ3) is 4.98. The molecule has 2 aromatic carbocycles. The molecule has 1 amide bonds. The Kier molecular flexibility index (Phi) is 6.45. The monoisotopic (exact) mass is 378 g/mol. The number of carbonyl (C=O) groups excluding carboxylic acids is 1. The lowest BCUT2D eigenvalue weighted by Gasteiger charge is -2.22. The zero-order chi connectivity index (χ0) is 19.9. The molecule has 1 atom stereocenters. The number of carbonyl (C=O) groups is 1. The van der Waals surface area contributed by atoms with Crippen molar-refractivity contribution in [2.24, 2.45) is 5.73 Å². The van der Waals surface area contributed by atoms with Crippen molar-refractivity contribution in [2.45, 2.75) is 25.6 Å². The van der Waals surface area contributed by atoms with Gasteiger partial charge in [0.15, 0.2) is 0 Å². The van der Waals surface area contributed by atoms with Crippen molar-refractivity contribution in [1.82, 2.24) is 14.5 Å². The Bertz CT molecular complexity index is 908. The Balaban J connectivity index is 1.58. The molecule has 0 aliphatic rings. The molecular formula is C22H26N4O2. The van der Waals surface area contributed by atoms with Gasteiger partial charge in [0.2, 0.25) is 5.91 Å². The summed E-state index contributed by atoms with van der Waals surface area (Å²) in [5, 5.41) is 0. The summed E-state index contributed by atoms with van der Waals surface area (Å²) < 4.78 is 7.35. The number of ether oxygens (including phenoxy) is 1. The Morgan fingerprint density at radius 1 is 1.18 bits per heavy atom. The predicted octanol–water partition coefficient (Wildman–Crippen LogP) is 2.47. The van der Waals surface area contributed by atoms with E-state index in [0.29, 0.717) is 13.0 Å². The van der Waals surface area contributed by atoms with E-state index in [4.69, 9.17) is 10.5 Å². The van der Waals surface area contributed by atoms with Gasteiger partial charge in [0, 0.05) is 38.3 Å². The van der Waals surface area contributed by atoms with Gasteiger partial charge >= 0.3 is 0 Å². The number of nitrogens with zero attached hydrogens (tertiary/aromatic N) is 3. The Morgan fingerprint density at radius 2 is 1.89 bits per heavy atom. The molecule has 0 saturated heterocycles. The fraction of sp³-hybridized carbons (Fsp3) is 0.273. The highest BCUT2D eigenvalue weighted by atomic mass is 16.5. The second kappa shape index (κ2) is 9.19. The fourth-order valence-corrected chi connectivity index (χ4v) is 3.16. The molecule has 3 aromatic rings. The van der Waals surface area contributed by atoms with Gasteiger partial charge in [-0.25, -0.2) is 4.98 Å². The first kappa shape index (κ1) is 19.6. The van der Waals surface area contributed by atoms with Gasteiger partial charge in [0.05, 0.1) is 25.2 Å². The summed E-state index contributed by atoms with van der Waals surface area (Å²) in [4.78, 5) is 18.7. The first-order chi connectivity index (χ1) is 13.6. The molecule has 0 spiro atoms. The van der Waals surface area contributed by atoms with Crippen LogP contribution >= 0.6 is 0 Å². The summed E-state index contributed by atoms with van der Waals surface area (Å²) in [7, 11) is 3.38. The molecule has 0 aliphatic heterocycles. The zero-order valence-corrected chi connectivity index (χ0v) is 16.3. The maximum atomic E-state index is 12.7. The fourth-order valence-electron chi connectivity index (χ4n) is 3.16. The van der Waals surface area contributed by atoms with Gasteiger partial charge in [-0.15, -0.1) is 0 Å². The van der Waals surface area contributed by atoms with Crippen LogP contribution in [-0.4, -0.2) is 40.6 Å². The molecule has 6 nitrogen and oxygen atoms in total. The van der Waals surface area contributed by atoms with E-state index < -0.39 is 6.04 Å². The minimum Gasteiger partial charge on any atom is -0.496 e. The van der Waals surface area contributed by atoms with Crippen LogP contribution in [0.3, 0.4) is 0 Å². The molecule has 2 N–H and O–H groups in total. The molecule has 0 bridgehead atoms. The summed E-state index contributed by atoms with van der Waals surface area (Å²) in [5.74, 6) is 0.638. The molecule has 0 unspecified atom stereocenters. The SMILES string of the molecule is COc1ccccc1CN(C)C(=O)[C@@H](N)Cc1cn(Cc2ccccc2)cn1. The third-order valence-electron chi connectivity index (χ3n) is 4.62. The Morgan fingerprint density at radius 3 is 2.64 bits per heavy atom. The van der Waals surface area contributed by atoms with E-state index in [0.717, 1.165) is 23.6 Å². The lowest BCUT2D eigenvalue weighted by atomic mass is 10.1. The van der Waals surface area contributed by atoms with Crippen LogP contribution in [-0.2, 0) is 24.3 Å². The summed E-state index contributed by atoms with van der Waals surface area (Å²) >= 11 is 0. The summed E-state index contributed by atoms with van der Waals surface area (Å²) in [6.07, 6.45) is 4.12. The number of para-hydroxylation sites is 1. The normalized spacial score (nSPS) is 11.8. The molecule has 0 aliphatic carbocycles. The van der Waals surface area contributed by atoms with Crippen LogP contribution in [0, 0.1) is 0 Å². The summed E-state index contributed by atoms with van der Waals surface area (Å²) in [6.45, 7) is 1.18. The topological polar surface area (TPSA) is 73.4 Å². The van der Waals surface area contributed by atoms with Crippen LogP contribution in [0.5, 0.6) is 5.75 Å². The van der Waals surface area contributed by atoms with Crippen LogP contribution in [0.4, 0.5) is 0 Å². The van der Waals surface area contributed by atoms with E-state index in [1.807, 2.05) is 53.2 Å². The quantitative estimate of drug-likeness (QED) is 0.654. The van der Waals surface area contributed by atoms with Gasteiger partial charge < -0.3 is 19.9 Å². The van der Waals surface area contributed by atoms with Gasteiger partial charge in [-0.1, -0.05) is 48.5 Å². The van der Waals surface area contributed by atoms with Gasteiger partial charge in [-0.05, 0) is 11.6 Å². The highest BCUT2D eigenvalue weighted by molar-refractivity contribution is 5.81. The van der Waals surface area contributed by atoms with Crippen molar-refractivity contribution < 1.29 is 9.53 Å². The van der Waals surface area contributed by atoms with Crippen molar-refractivity contribution in [3.8, 4) is 5.75 Å². The average Bonchev–Trinajstić information content (AvgIpc) is 3.15. The van der Waals surface area contributed by atoms with Gasteiger partial charge in [-0.2, -0.15) is 0 Å². The van der Waals surface area contributed by atoms with E-state index in [2.05, 4.69) is 17.1 Å². The minimum atomic E-state index is -0.639. The molecule has 0 fully saturated rings. The number of hydrogen-bond donors (Lipinski definition) is 1. The predicted molar refractivity (Wildman–Crippen MR) is 109 cm³/mol. The number of nitrogens with two attached hydrogens (primary N) is 1. The number of methoxy groups -OCH3 is 1. The number of aromatic nitrogens is 2. The average molecular weight is 378 g/mol. The molecular weight excluding hydrogens is 352 g/mol. The first-order valence-corrected chi connectivity index (χ1v) is 9.24. The van der Waals surface area contributed by atoms with Crippen LogP contribution in [0.1, 0.15) is 16.8 Å². The standard InChI is InChI=1S/C22H26N4O2/c1-25(14-18-10-6-7-11-21(18)28-2)22(27)20(23)12-19-15-26(16-24-19)13-17-8-4-3-5-9-17/h3-11,15-16,20H,12-14,23H2,1-2H3/t20-/m0/s1. The van der Waals surface area contributed by atoms with Crippen LogP contribution in [0.25, 0.3) is 0 Å². The van der Waals surface area contributed by atoms with E-state index in [9.17, 15) is 4.79 Å². The maximum Gasteiger partial charge on any atom is 0.239 e. The highest BCUT2D eigenvalue weighted by Gasteiger charge is 2.20. The number of amides is 1. The molecule has 28 heavy (non-hydrogen) atoms. The molecule has 1 heterocycles. The van der Waals surface area contributed by atoms with Crippen LogP contribution in [0.2, 0.25) is 0 Å². The van der Waals surface area contributed by atoms with Crippen LogP contribution < -0.4 is 10.5 Å². The zero-order valence-electron chi connectivity index (χ0n) is 16.3. The van der Waals surface area contributed by atoms with E-state index in [-0.39, 0.29) is 5.91 Å². The number of imidazole rings is 1. The van der Waals surface area contributed by atoms with Crippen molar-refractivity contribution in [2.75, 3.05) is 14.2 Å². The van der Waals surface area contributed by atoms with Gasteiger partial charge in [0.1, 0.15) is 5.75 Å². The summed E-state index contributed by atoms with van der Waals surface area (Å²) in [5.41, 5.74) is 9.11. The third-order valence-corrected chi connectivity index (χ3v) is 4.62. The highest BCUT2D eigenvalue weighted by Crippen LogP contribution is 2.19. The lowest BCUT2D eigenvalue weighted by molar-refractivity contribution is -0.131. The largest absolute Gasteiger partial charge is 0.496 e. The molecule has 146 valence electrons. The lowest BCUT2D eigenvalue weighted by Crippen LogP contribution is -2.42. The first-order valence-electron chi connectivity index (χ1n) is 9.24. The molecule has 0 radical (unpaired) electrons. The molecule has 6 heteroatoms. The van der Waals surface area contributed by atoms with Crippen molar-refractivity contribution in [1.29, 1.82) is 0 Å². The van der Waals surface area contributed by atoms with E-state index in [1.54, 1.807) is 25.4 Å².